The minimum atomic E-state index is -0.168. The van der Waals surface area contributed by atoms with E-state index in [0.29, 0.717) is 10.6 Å². The van der Waals surface area contributed by atoms with Crippen LogP contribution in [0.1, 0.15) is 35.4 Å². The fourth-order valence-electron chi connectivity index (χ4n) is 3.78. The van der Waals surface area contributed by atoms with Crippen molar-refractivity contribution in [1.82, 2.24) is 20.7 Å². The molecule has 2 atom stereocenters. The van der Waals surface area contributed by atoms with E-state index < -0.39 is 0 Å². The third kappa shape index (κ3) is 3.46. The molecular formula is C21H23ClN4O2. The van der Waals surface area contributed by atoms with E-state index in [9.17, 15) is 4.79 Å². The van der Waals surface area contributed by atoms with Gasteiger partial charge in [0.1, 0.15) is 5.75 Å². The quantitative estimate of drug-likeness (QED) is 0.614. The minimum Gasteiger partial charge on any atom is -0.496 e. The van der Waals surface area contributed by atoms with Crippen molar-refractivity contribution in [3.63, 3.8) is 0 Å². The van der Waals surface area contributed by atoms with Crippen LogP contribution >= 0.6 is 11.6 Å². The highest BCUT2D eigenvalue weighted by Gasteiger charge is 2.29. The molecule has 146 valence electrons. The van der Waals surface area contributed by atoms with Gasteiger partial charge < -0.3 is 14.6 Å². The number of hydrazine groups is 1. The van der Waals surface area contributed by atoms with E-state index >= 15 is 0 Å². The van der Waals surface area contributed by atoms with Gasteiger partial charge in [0.15, 0.2) is 0 Å². The van der Waals surface area contributed by atoms with E-state index in [0.717, 1.165) is 35.3 Å². The third-order valence-electron chi connectivity index (χ3n) is 5.15. The summed E-state index contributed by atoms with van der Waals surface area (Å²) < 4.78 is 7.80. The van der Waals surface area contributed by atoms with Gasteiger partial charge in [0.25, 0.3) is 5.91 Å². The highest BCUT2D eigenvalue weighted by Crippen LogP contribution is 2.33. The van der Waals surface area contributed by atoms with Gasteiger partial charge >= 0.3 is 0 Å². The number of nitrogens with zero attached hydrogens (tertiary/aromatic N) is 1. The van der Waals surface area contributed by atoms with Gasteiger partial charge in [0, 0.05) is 34.6 Å². The first-order valence-corrected chi connectivity index (χ1v) is 9.72. The van der Waals surface area contributed by atoms with E-state index in [1.165, 1.54) is 0 Å². The maximum Gasteiger partial charge on any atom is 0.252 e. The number of carbonyl (C=O) groups excluding carboxylic acids is 1. The topological polar surface area (TPSA) is 67.3 Å². The van der Waals surface area contributed by atoms with Crippen molar-refractivity contribution in [2.45, 2.75) is 32.1 Å². The van der Waals surface area contributed by atoms with E-state index in [1.54, 1.807) is 31.4 Å². The summed E-state index contributed by atoms with van der Waals surface area (Å²) in [6.45, 7) is 2.98. The molecule has 1 saturated heterocycles. The minimum absolute atomic E-state index is 0.0765. The van der Waals surface area contributed by atoms with Crippen LogP contribution in [-0.4, -0.2) is 23.7 Å². The Morgan fingerprint density at radius 1 is 1.25 bits per heavy atom. The molecule has 7 heteroatoms. The number of rotatable bonds is 5. The number of aryl methyl sites for hydroxylation is 1. The number of fused-ring (bicyclic) bond motifs is 1. The van der Waals surface area contributed by atoms with Crippen LogP contribution in [0.2, 0.25) is 5.02 Å². The Morgan fingerprint density at radius 3 is 2.75 bits per heavy atom. The molecule has 0 bridgehead atoms. The Hall–Kier alpha value is -2.54. The Labute approximate surface area is 168 Å². The normalized spacial score (nSPS) is 19.1. The predicted molar refractivity (Wildman–Crippen MR) is 110 cm³/mol. The van der Waals surface area contributed by atoms with Gasteiger partial charge in [-0.2, -0.15) is 0 Å². The van der Waals surface area contributed by atoms with Gasteiger partial charge in [-0.1, -0.05) is 17.7 Å². The number of carbonyl (C=O) groups is 1. The monoisotopic (exact) mass is 398 g/mol. The van der Waals surface area contributed by atoms with Gasteiger partial charge in [0.2, 0.25) is 0 Å². The van der Waals surface area contributed by atoms with Gasteiger partial charge in [0.05, 0.1) is 24.8 Å². The van der Waals surface area contributed by atoms with Crippen LogP contribution in [0.25, 0.3) is 10.9 Å². The van der Waals surface area contributed by atoms with Crippen LogP contribution in [0.5, 0.6) is 5.75 Å². The van der Waals surface area contributed by atoms with Crippen molar-refractivity contribution in [1.29, 1.82) is 0 Å². The molecule has 1 aliphatic rings. The number of methoxy groups -OCH3 is 1. The lowest BCUT2D eigenvalue weighted by Gasteiger charge is -2.14. The molecule has 0 spiro atoms. The summed E-state index contributed by atoms with van der Waals surface area (Å²) in [5, 5.41) is 4.72. The number of nitrogens with one attached hydrogen (secondary N) is 3. The molecule has 4 rings (SSSR count). The van der Waals surface area contributed by atoms with Crippen molar-refractivity contribution in [2.24, 2.45) is 0 Å². The predicted octanol–water partition coefficient (Wildman–Crippen LogP) is 3.62. The van der Waals surface area contributed by atoms with E-state index in [1.807, 2.05) is 12.1 Å². The van der Waals surface area contributed by atoms with Crippen LogP contribution in [0.4, 0.5) is 0 Å². The number of halogens is 1. The highest BCUT2D eigenvalue weighted by atomic mass is 35.5. The van der Waals surface area contributed by atoms with Crippen molar-refractivity contribution >= 4 is 28.4 Å². The number of hydrogen-bond acceptors (Lipinski definition) is 4. The lowest BCUT2D eigenvalue weighted by Crippen LogP contribution is -2.44. The average Bonchev–Trinajstić information content (AvgIpc) is 3.32. The first-order chi connectivity index (χ1) is 13.6. The van der Waals surface area contributed by atoms with E-state index in [4.69, 9.17) is 16.3 Å². The molecule has 28 heavy (non-hydrogen) atoms. The fourth-order valence-corrected chi connectivity index (χ4v) is 3.91. The summed E-state index contributed by atoms with van der Waals surface area (Å²) in [6, 6.07) is 15.2. The van der Waals surface area contributed by atoms with Crippen LogP contribution in [-0.2, 0) is 6.54 Å². The smallest absolute Gasteiger partial charge is 0.252 e. The zero-order valence-electron chi connectivity index (χ0n) is 15.8. The Kier molecular flexibility index (Phi) is 5.26. The Bertz CT molecular complexity index is 1000. The summed E-state index contributed by atoms with van der Waals surface area (Å²) in [5.74, 6) is 0.735. The molecule has 0 aliphatic carbocycles. The molecule has 3 aromatic rings. The van der Waals surface area contributed by atoms with Crippen molar-refractivity contribution < 1.29 is 9.53 Å². The second-order valence-corrected chi connectivity index (χ2v) is 7.25. The summed E-state index contributed by atoms with van der Waals surface area (Å²) in [6.07, 6.45) is 0.566. The molecular weight excluding hydrogens is 376 g/mol. The SMILES string of the molecule is CCn1c(C2CC(NC(=O)c3ccc(Cl)cc3)NN2)cc2c(OC)cccc21. The number of hydrogen-bond donors (Lipinski definition) is 3. The summed E-state index contributed by atoms with van der Waals surface area (Å²) in [4.78, 5) is 12.5. The molecule has 3 N–H and O–H groups in total. The molecule has 1 aromatic heterocycles. The molecule has 2 unspecified atom stereocenters. The van der Waals surface area contributed by atoms with Gasteiger partial charge in [-0.15, -0.1) is 0 Å². The average molecular weight is 399 g/mol. The number of amides is 1. The maximum absolute atomic E-state index is 12.5. The molecule has 1 amide bonds. The standard InChI is InChI=1S/C21H23ClN4O2/c1-3-26-17-5-4-6-19(28-2)15(17)11-18(26)16-12-20(25-24-16)23-21(27)13-7-9-14(22)10-8-13/h4-11,16,20,24-25H,3,12H2,1-2H3,(H,23,27). The second kappa shape index (κ2) is 7.83. The van der Waals surface area contributed by atoms with E-state index in [-0.39, 0.29) is 18.1 Å². The lowest BCUT2D eigenvalue weighted by atomic mass is 10.1. The second-order valence-electron chi connectivity index (χ2n) is 6.82. The zero-order chi connectivity index (χ0) is 19.7. The van der Waals surface area contributed by atoms with Gasteiger partial charge in [-0.25, -0.2) is 10.9 Å². The van der Waals surface area contributed by atoms with Crippen molar-refractivity contribution in [3.8, 4) is 5.75 Å². The molecule has 2 aromatic carbocycles. The van der Waals surface area contributed by atoms with Gasteiger partial charge in [-0.05, 0) is 49.4 Å². The van der Waals surface area contributed by atoms with E-state index in [2.05, 4.69) is 39.8 Å². The fraction of sp³-hybridized carbons (Fsp3) is 0.286. The van der Waals surface area contributed by atoms with Crippen LogP contribution < -0.4 is 20.9 Å². The summed E-state index contributed by atoms with van der Waals surface area (Å²) in [5.41, 5.74) is 9.40. The molecule has 6 nitrogen and oxygen atoms in total. The summed E-state index contributed by atoms with van der Waals surface area (Å²) in [7, 11) is 1.69. The first kappa shape index (κ1) is 18.8. The van der Waals surface area contributed by atoms with Crippen LogP contribution in [0.3, 0.4) is 0 Å². The Balaban J connectivity index is 1.52. The molecule has 1 fully saturated rings. The Morgan fingerprint density at radius 2 is 2.04 bits per heavy atom. The summed E-state index contributed by atoms with van der Waals surface area (Å²) >= 11 is 5.89. The molecule has 0 radical (unpaired) electrons. The maximum atomic E-state index is 12.5. The molecule has 0 saturated carbocycles. The lowest BCUT2D eigenvalue weighted by molar-refractivity contribution is 0.0932. The zero-order valence-corrected chi connectivity index (χ0v) is 16.6. The molecule has 2 heterocycles. The van der Waals surface area contributed by atoms with Crippen LogP contribution in [0, 0.1) is 0 Å². The van der Waals surface area contributed by atoms with Crippen molar-refractivity contribution in [2.75, 3.05) is 7.11 Å². The third-order valence-corrected chi connectivity index (χ3v) is 5.40. The first-order valence-electron chi connectivity index (χ1n) is 9.34. The van der Waals surface area contributed by atoms with Gasteiger partial charge in [-0.3, -0.25) is 4.79 Å². The largest absolute Gasteiger partial charge is 0.496 e. The van der Waals surface area contributed by atoms with Crippen molar-refractivity contribution in [3.05, 3.63) is 64.8 Å². The molecule has 1 aliphatic heterocycles. The highest BCUT2D eigenvalue weighted by molar-refractivity contribution is 6.30. The number of benzene rings is 2. The number of ether oxygens (including phenoxy) is 1. The van der Waals surface area contributed by atoms with Crippen LogP contribution in [0.15, 0.2) is 48.5 Å². The number of aromatic nitrogens is 1.